The summed E-state index contributed by atoms with van der Waals surface area (Å²) in [4.78, 5) is 14.1. The highest BCUT2D eigenvalue weighted by atomic mass is 19.1. The molecule has 152 valence electrons. The van der Waals surface area contributed by atoms with E-state index in [0.717, 1.165) is 19.3 Å². The Morgan fingerprint density at radius 2 is 1.60 bits per heavy atom. The van der Waals surface area contributed by atoms with Gasteiger partial charge in [0.1, 0.15) is 5.82 Å². The number of carbonyl (C=O) groups is 1. The molecule has 0 bridgehead atoms. The second-order valence-corrected chi connectivity index (χ2v) is 7.58. The second kappa shape index (κ2) is 8.95. The lowest BCUT2D eigenvalue weighted by molar-refractivity contribution is 0.223. The average Bonchev–Trinajstić information content (AvgIpc) is 2.91. The number of amides is 2. The molecule has 0 heterocycles. The Balaban J connectivity index is 1.50. The van der Waals surface area contributed by atoms with E-state index in [1.165, 1.54) is 40.0 Å². The van der Waals surface area contributed by atoms with Crippen molar-refractivity contribution in [3.8, 4) is 0 Å². The van der Waals surface area contributed by atoms with Crippen LogP contribution in [0.3, 0.4) is 0 Å². The lowest BCUT2D eigenvalue weighted by Crippen LogP contribution is -2.32. The molecule has 0 fully saturated rings. The number of urea groups is 1. The maximum absolute atomic E-state index is 13.3. The summed E-state index contributed by atoms with van der Waals surface area (Å²) < 4.78 is 13.3. The van der Waals surface area contributed by atoms with E-state index in [0.29, 0.717) is 12.2 Å². The van der Waals surface area contributed by atoms with Crippen molar-refractivity contribution in [2.75, 3.05) is 18.9 Å². The summed E-state index contributed by atoms with van der Waals surface area (Å²) in [5, 5.41) is 2.74. The van der Waals surface area contributed by atoms with Crippen LogP contribution in [0.1, 0.15) is 28.7 Å². The van der Waals surface area contributed by atoms with E-state index in [4.69, 9.17) is 0 Å². The molecule has 1 aliphatic rings. The standard InChI is InChI=1S/C26H25FN2O/c1-29(26(30)28-22-11-6-10-21(27)18-22)17-7-14-25-23-12-4-2-8-19(23)15-16-20-9-3-5-13-24(20)25/h2-6,8-14,18H,7,15-17H2,1H3,(H,28,30). The van der Waals surface area contributed by atoms with Gasteiger partial charge in [-0.2, -0.15) is 0 Å². The number of fused-ring (bicyclic) bond motifs is 2. The Kier molecular flexibility index (Phi) is 5.94. The van der Waals surface area contributed by atoms with Gasteiger partial charge in [0.2, 0.25) is 0 Å². The smallest absolute Gasteiger partial charge is 0.321 e. The number of nitrogens with zero attached hydrogens (tertiary/aromatic N) is 1. The maximum atomic E-state index is 13.3. The highest BCUT2D eigenvalue weighted by Crippen LogP contribution is 2.33. The van der Waals surface area contributed by atoms with Gasteiger partial charge in [-0.3, -0.25) is 0 Å². The van der Waals surface area contributed by atoms with E-state index in [1.807, 2.05) is 0 Å². The minimum Gasteiger partial charge on any atom is -0.327 e. The molecule has 1 aliphatic carbocycles. The number of anilines is 1. The van der Waals surface area contributed by atoms with Crippen LogP contribution >= 0.6 is 0 Å². The van der Waals surface area contributed by atoms with E-state index in [2.05, 4.69) is 59.9 Å². The first-order valence-corrected chi connectivity index (χ1v) is 10.3. The molecule has 0 atom stereocenters. The monoisotopic (exact) mass is 400 g/mol. The van der Waals surface area contributed by atoms with Crippen molar-refractivity contribution < 1.29 is 9.18 Å². The first-order chi connectivity index (χ1) is 14.6. The van der Waals surface area contributed by atoms with Crippen molar-refractivity contribution in [1.29, 1.82) is 0 Å². The molecule has 0 spiro atoms. The van der Waals surface area contributed by atoms with E-state index >= 15 is 0 Å². The van der Waals surface area contributed by atoms with Gasteiger partial charge in [0.05, 0.1) is 0 Å². The molecule has 2 amide bonds. The summed E-state index contributed by atoms with van der Waals surface area (Å²) in [6.07, 6.45) is 5.01. The molecule has 3 aromatic rings. The van der Waals surface area contributed by atoms with Crippen LogP contribution in [0.25, 0.3) is 5.57 Å². The molecule has 0 unspecified atom stereocenters. The van der Waals surface area contributed by atoms with Gasteiger partial charge in [-0.1, -0.05) is 60.7 Å². The highest BCUT2D eigenvalue weighted by molar-refractivity contribution is 5.89. The molecule has 4 rings (SSSR count). The number of halogens is 1. The van der Waals surface area contributed by atoms with Crippen molar-refractivity contribution in [3.63, 3.8) is 0 Å². The number of aryl methyl sites for hydroxylation is 2. The Morgan fingerprint density at radius 3 is 2.23 bits per heavy atom. The molecule has 3 aromatic carbocycles. The number of benzene rings is 3. The second-order valence-electron chi connectivity index (χ2n) is 7.58. The van der Waals surface area contributed by atoms with Crippen LogP contribution in [0, 0.1) is 5.82 Å². The lowest BCUT2D eigenvalue weighted by Gasteiger charge is -2.18. The molecule has 0 aliphatic heterocycles. The Labute approximate surface area is 176 Å². The fourth-order valence-electron chi connectivity index (χ4n) is 3.93. The molecule has 0 radical (unpaired) electrons. The van der Waals surface area contributed by atoms with E-state index in [9.17, 15) is 9.18 Å². The number of nitrogens with one attached hydrogen (secondary N) is 1. The summed E-state index contributed by atoms with van der Waals surface area (Å²) >= 11 is 0. The molecular weight excluding hydrogens is 375 g/mol. The van der Waals surface area contributed by atoms with Crippen LogP contribution in [-0.2, 0) is 12.8 Å². The normalized spacial score (nSPS) is 12.4. The van der Waals surface area contributed by atoms with Crippen LogP contribution in [0.4, 0.5) is 14.9 Å². The quantitative estimate of drug-likeness (QED) is 0.580. The molecule has 3 nitrogen and oxygen atoms in total. The van der Waals surface area contributed by atoms with Crippen LogP contribution < -0.4 is 5.32 Å². The minimum absolute atomic E-state index is 0.249. The topological polar surface area (TPSA) is 32.3 Å². The zero-order valence-corrected chi connectivity index (χ0v) is 17.1. The Hall–Kier alpha value is -3.40. The zero-order chi connectivity index (χ0) is 20.9. The van der Waals surface area contributed by atoms with Crippen LogP contribution in [0.15, 0.2) is 78.9 Å². The summed E-state index contributed by atoms with van der Waals surface area (Å²) in [6, 6.07) is 22.8. The molecule has 1 N–H and O–H groups in total. The van der Waals surface area contributed by atoms with Crippen LogP contribution in [0.2, 0.25) is 0 Å². The SMILES string of the molecule is CN(CCC=C1c2ccccc2CCc2ccccc21)C(=O)Nc1cccc(F)c1. The molecule has 30 heavy (non-hydrogen) atoms. The highest BCUT2D eigenvalue weighted by Gasteiger charge is 2.17. The number of hydrogen-bond acceptors (Lipinski definition) is 1. The van der Waals surface area contributed by atoms with Gasteiger partial charge in [0, 0.05) is 19.3 Å². The third-order valence-corrected chi connectivity index (χ3v) is 5.51. The van der Waals surface area contributed by atoms with Gasteiger partial charge >= 0.3 is 6.03 Å². The van der Waals surface area contributed by atoms with E-state index in [-0.39, 0.29) is 11.8 Å². The van der Waals surface area contributed by atoms with Crippen LogP contribution in [-0.4, -0.2) is 24.5 Å². The van der Waals surface area contributed by atoms with E-state index < -0.39 is 0 Å². The predicted molar refractivity (Wildman–Crippen MR) is 120 cm³/mol. The summed E-state index contributed by atoms with van der Waals surface area (Å²) in [6.45, 7) is 0.564. The van der Waals surface area contributed by atoms with Crippen molar-refractivity contribution in [3.05, 3.63) is 107 Å². The van der Waals surface area contributed by atoms with Gasteiger partial charge in [0.15, 0.2) is 0 Å². The molecule has 4 heteroatoms. The van der Waals surface area contributed by atoms with Gasteiger partial charge in [-0.25, -0.2) is 9.18 Å². The first-order valence-electron chi connectivity index (χ1n) is 10.3. The maximum Gasteiger partial charge on any atom is 0.321 e. The lowest BCUT2D eigenvalue weighted by atomic mass is 9.93. The minimum atomic E-state index is -0.370. The van der Waals surface area contributed by atoms with Crippen molar-refractivity contribution in [2.45, 2.75) is 19.3 Å². The summed E-state index contributed by atoms with van der Waals surface area (Å²) in [5.41, 5.74) is 6.95. The predicted octanol–water partition coefficient (Wildman–Crippen LogP) is 5.91. The molecule has 0 saturated heterocycles. The Bertz CT molecular complexity index is 1040. The van der Waals surface area contributed by atoms with Gasteiger partial charge in [-0.15, -0.1) is 0 Å². The fraction of sp³-hybridized carbons (Fsp3) is 0.192. The Morgan fingerprint density at radius 1 is 0.967 bits per heavy atom. The summed E-state index contributed by atoms with van der Waals surface area (Å²) in [7, 11) is 1.75. The largest absolute Gasteiger partial charge is 0.327 e. The van der Waals surface area contributed by atoms with Crippen molar-refractivity contribution in [1.82, 2.24) is 4.90 Å². The zero-order valence-electron chi connectivity index (χ0n) is 17.1. The van der Waals surface area contributed by atoms with Crippen molar-refractivity contribution in [2.24, 2.45) is 0 Å². The molecule has 0 aromatic heterocycles. The third kappa shape index (κ3) is 4.43. The number of rotatable bonds is 4. The molecule has 0 saturated carbocycles. The van der Waals surface area contributed by atoms with E-state index in [1.54, 1.807) is 24.1 Å². The van der Waals surface area contributed by atoms with Crippen molar-refractivity contribution >= 4 is 17.3 Å². The number of carbonyl (C=O) groups excluding carboxylic acids is 1. The van der Waals surface area contributed by atoms with Crippen LogP contribution in [0.5, 0.6) is 0 Å². The third-order valence-electron chi connectivity index (χ3n) is 5.51. The van der Waals surface area contributed by atoms with Gasteiger partial charge in [-0.05, 0) is 65.3 Å². The van der Waals surface area contributed by atoms with Gasteiger partial charge in [0.25, 0.3) is 0 Å². The fourth-order valence-corrected chi connectivity index (χ4v) is 3.93. The molecular formula is C26H25FN2O. The average molecular weight is 400 g/mol. The summed E-state index contributed by atoms with van der Waals surface area (Å²) in [5.74, 6) is -0.370. The van der Waals surface area contributed by atoms with Gasteiger partial charge < -0.3 is 10.2 Å². The number of hydrogen-bond donors (Lipinski definition) is 1. The first kappa shape index (κ1) is 19.9.